The number of hydrogen-bond acceptors (Lipinski definition) is 6. The van der Waals surface area contributed by atoms with Crippen LogP contribution in [0, 0.1) is 5.82 Å². The number of nitrogens with zero attached hydrogens (tertiary/aromatic N) is 5. The van der Waals surface area contributed by atoms with E-state index in [1.54, 1.807) is 6.07 Å². The number of rotatable bonds is 3. The molecule has 1 fully saturated rings. The van der Waals surface area contributed by atoms with E-state index in [-0.39, 0.29) is 18.3 Å². The zero-order valence-corrected chi connectivity index (χ0v) is 14.1. The fourth-order valence-corrected chi connectivity index (χ4v) is 4.28. The number of halogens is 1. The van der Waals surface area contributed by atoms with Crippen LogP contribution in [-0.2, 0) is 13.7 Å². The van der Waals surface area contributed by atoms with Crippen LogP contribution in [0.2, 0.25) is 0 Å². The summed E-state index contributed by atoms with van der Waals surface area (Å²) in [6.45, 7) is 1.63. The van der Waals surface area contributed by atoms with Crippen molar-refractivity contribution in [1.82, 2.24) is 19.7 Å². The molecule has 1 unspecified atom stereocenters. The summed E-state index contributed by atoms with van der Waals surface area (Å²) in [6.07, 6.45) is 2.07. The molecule has 0 bridgehead atoms. The number of benzene rings is 1. The summed E-state index contributed by atoms with van der Waals surface area (Å²) in [5, 5.41) is 18.5. The van der Waals surface area contributed by atoms with Crippen LogP contribution in [-0.4, -0.2) is 37.9 Å². The number of aromatic nitrogens is 4. The topological polar surface area (TPSA) is 67.1 Å². The first-order valence-corrected chi connectivity index (χ1v) is 8.77. The fraction of sp³-hybridized carbons (Fsp3) is 0.438. The van der Waals surface area contributed by atoms with Crippen molar-refractivity contribution in [3.63, 3.8) is 0 Å². The zero-order chi connectivity index (χ0) is 16.7. The lowest BCUT2D eigenvalue weighted by Crippen LogP contribution is -2.35. The molecule has 0 spiro atoms. The van der Waals surface area contributed by atoms with Crippen LogP contribution in [0.4, 0.5) is 9.52 Å². The Kier molecular flexibility index (Phi) is 3.93. The molecule has 0 amide bonds. The van der Waals surface area contributed by atoms with Gasteiger partial charge in [0.15, 0.2) is 11.0 Å². The maximum absolute atomic E-state index is 13.4. The molecule has 1 aromatic carbocycles. The van der Waals surface area contributed by atoms with E-state index in [1.165, 1.54) is 23.5 Å². The van der Waals surface area contributed by atoms with Gasteiger partial charge in [0, 0.05) is 26.1 Å². The minimum absolute atomic E-state index is 0.108. The van der Waals surface area contributed by atoms with Gasteiger partial charge in [0.2, 0.25) is 0 Å². The normalized spacial score (nSPS) is 18.5. The number of fused-ring (bicyclic) bond motifs is 1. The molecule has 3 heterocycles. The second-order valence-corrected chi connectivity index (χ2v) is 7.09. The first kappa shape index (κ1) is 15.5. The highest BCUT2D eigenvalue weighted by Crippen LogP contribution is 2.34. The van der Waals surface area contributed by atoms with Crippen molar-refractivity contribution >= 4 is 26.7 Å². The third kappa shape index (κ3) is 2.65. The SMILES string of the molecule is Cn1c(CO)nnc1C1CCCN(c2nc3ccc(F)cc3s2)C1. The van der Waals surface area contributed by atoms with Crippen molar-refractivity contribution < 1.29 is 9.50 Å². The minimum atomic E-state index is -0.232. The van der Waals surface area contributed by atoms with Crippen LogP contribution in [0.3, 0.4) is 0 Å². The molecule has 0 saturated carbocycles. The number of thiazole rings is 1. The summed E-state index contributed by atoms with van der Waals surface area (Å²) in [5.74, 6) is 1.50. The highest BCUT2D eigenvalue weighted by atomic mass is 32.1. The highest BCUT2D eigenvalue weighted by molar-refractivity contribution is 7.22. The molecule has 4 rings (SSSR count). The summed E-state index contributed by atoms with van der Waals surface area (Å²) in [5.41, 5.74) is 0.833. The number of aliphatic hydroxyl groups is 1. The molecule has 0 radical (unpaired) electrons. The van der Waals surface area contributed by atoms with Crippen molar-refractivity contribution in [2.75, 3.05) is 18.0 Å². The zero-order valence-electron chi connectivity index (χ0n) is 13.3. The molecule has 2 aromatic heterocycles. The Hall–Kier alpha value is -2.06. The van der Waals surface area contributed by atoms with Gasteiger partial charge in [-0.2, -0.15) is 0 Å². The van der Waals surface area contributed by atoms with E-state index in [4.69, 9.17) is 0 Å². The van der Waals surface area contributed by atoms with Crippen LogP contribution < -0.4 is 4.90 Å². The highest BCUT2D eigenvalue weighted by Gasteiger charge is 2.27. The summed E-state index contributed by atoms with van der Waals surface area (Å²) < 4.78 is 16.1. The Morgan fingerprint density at radius 1 is 1.38 bits per heavy atom. The van der Waals surface area contributed by atoms with E-state index >= 15 is 0 Å². The van der Waals surface area contributed by atoms with Gasteiger partial charge in [-0.15, -0.1) is 10.2 Å². The Labute approximate surface area is 142 Å². The van der Waals surface area contributed by atoms with Gasteiger partial charge >= 0.3 is 0 Å². The van der Waals surface area contributed by atoms with Crippen LogP contribution in [0.5, 0.6) is 0 Å². The van der Waals surface area contributed by atoms with Crippen LogP contribution >= 0.6 is 11.3 Å². The average molecular weight is 347 g/mol. The second-order valence-electron chi connectivity index (χ2n) is 6.09. The Morgan fingerprint density at radius 2 is 2.25 bits per heavy atom. The summed E-state index contributed by atoms with van der Waals surface area (Å²) in [6, 6.07) is 4.71. The molecule has 1 saturated heterocycles. The van der Waals surface area contributed by atoms with E-state index < -0.39 is 0 Å². The van der Waals surface area contributed by atoms with Gasteiger partial charge in [-0.05, 0) is 31.0 Å². The fourth-order valence-electron chi connectivity index (χ4n) is 3.25. The van der Waals surface area contributed by atoms with Crippen LogP contribution in [0.25, 0.3) is 10.2 Å². The third-order valence-electron chi connectivity index (χ3n) is 4.54. The van der Waals surface area contributed by atoms with Gasteiger partial charge in [0.25, 0.3) is 0 Å². The Balaban J connectivity index is 1.60. The summed E-state index contributed by atoms with van der Waals surface area (Å²) in [4.78, 5) is 6.88. The first-order chi connectivity index (χ1) is 11.7. The lowest BCUT2D eigenvalue weighted by atomic mass is 9.97. The number of anilines is 1. The van der Waals surface area contributed by atoms with Crippen molar-refractivity contribution in [3.8, 4) is 0 Å². The van der Waals surface area contributed by atoms with Gasteiger partial charge in [-0.1, -0.05) is 11.3 Å². The number of piperidine rings is 1. The number of aliphatic hydroxyl groups excluding tert-OH is 1. The molecule has 1 aliphatic heterocycles. The monoisotopic (exact) mass is 347 g/mol. The summed E-state index contributed by atoms with van der Waals surface area (Å²) in [7, 11) is 1.89. The predicted octanol–water partition coefficient (Wildman–Crippen LogP) is 2.44. The summed E-state index contributed by atoms with van der Waals surface area (Å²) >= 11 is 1.52. The quantitative estimate of drug-likeness (QED) is 0.788. The van der Waals surface area contributed by atoms with E-state index in [1.807, 2.05) is 11.6 Å². The maximum Gasteiger partial charge on any atom is 0.186 e. The Bertz CT molecular complexity index is 877. The minimum Gasteiger partial charge on any atom is -0.388 e. The standard InChI is InChI=1S/C16H18FN5OS/c1-21-14(9-23)19-20-15(21)10-3-2-6-22(8-10)16-18-12-5-4-11(17)7-13(12)24-16/h4-5,7,10,23H,2-3,6,8-9H2,1H3. The van der Waals surface area contributed by atoms with Gasteiger partial charge in [-0.3, -0.25) is 0 Å². The smallest absolute Gasteiger partial charge is 0.186 e. The van der Waals surface area contributed by atoms with Crippen LogP contribution in [0.15, 0.2) is 18.2 Å². The van der Waals surface area contributed by atoms with Gasteiger partial charge in [-0.25, -0.2) is 9.37 Å². The van der Waals surface area contributed by atoms with Crippen molar-refractivity contribution in [2.24, 2.45) is 7.05 Å². The van der Waals surface area contributed by atoms with Gasteiger partial charge in [0.1, 0.15) is 18.2 Å². The second kappa shape index (κ2) is 6.10. The average Bonchev–Trinajstić information content (AvgIpc) is 3.17. The molecule has 0 aliphatic carbocycles. The van der Waals surface area contributed by atoms with E-state index in [9.17, 15) is 9.50 Å². The van der Waals surface area contributed by atoms with E-state index in [2.05, 4.69) is 20.1 Å². The molecule has 1 aliphatic rings. The molecular weight excluding hydrogens is 329 g/mol. The Morgan fingerprint density at radius 3 is 3.04 bits per heavy atom. The first-order valence-electron chi connectivity index (χ1n) is 7.96. The van der Waals surface area contributed by atoms with Crippen molar-refractivity contribution in [3.05, 3.63) is 35.7 Å². The molecule has 6 nitrogen and oxygen atoms in total. The van der Waals surface area contributed by atoms with E-state index in [0.717, 1.165) is 47.1 Å². The van der Waals surface area contributed by atoms with E-state index in [0.29, 0.717) is 5.82 Å². The predicted molar refractivity (Wildman–Crippen MR) is 90.7 cm³/mol. The molecule has 3 aromatic rings. The largest absolute Gasteiger partial charge is 0.388 e. The lowest BCUT2D eigenvalue weighted by Gasteiger charge is -2.31. The van der Waals surface area contributed by atoms with Crippen molar-refractivity contribution in [1.29, 1.82) is 0 Å². The molecule has 126 valence electrons. The molecule has 1 atom stereocenters. The molecule has 24 heavy (non-hydrogen) atoms. The molecular formula is C16H18FN5OS. The lowest BCUT2D eigenvalue weighted by molar-refractivity contribution is 0.266. The molecule has 8 heteroatoms. The van der Waals surface area contributed by atoms with Crippen LogP contribution in [0.1, 0.15) is 30.4 Å². The maximum atomic E-state index is 13.4. The van der Waals surface area contributed by atoms with Crippen molar-refractivity contribution in [2.45, 2.75) is 25.4 Å². The van der Waals surface area contributed by atoms with Gasteiger partial charge in [0.05, 0.1) is 10.2 Å². The van der Waals surface area contributed by atoms with Gasteiger partial charge < -0.3 is 14.6 Å². The molecule has 1 N–H and O–H groups in total. The number of hydrogen-bond donors (Lipinski definition) is 1. The third-order valence-corrected chi connectivity index (χ3v) is 5.62.